The summed E-state index contributed by atoms with van der Waals surface area (Å²) in [5.41, 5.74) is 14.8. The summed E-state index contributed by atoms with van der Waals surface area (Å²) in [4.78, 5) is 85.8. The maximum Gasteiger partial charge on any atom is 0.247 e. The molecule has 0 fully saturated rings. The molecule has 0 saturated carbocycles. The number of hydrogen-bond donors (Lipinski definition) is 8. The van der Waals surface area contributed by atoms with Gasteiger partial charge in [-0.25, -0.2) is 0 Å². The molecule has 312 valence electrons. The van der Waals surface area contributed by atoms with Crippen LogP contribution in [-0.4, -0.2) is 106 Å². The van der Waals surface area contributed by atoms with E-state index in [0.717, 1.165) is 22.0 Å². The second-order valence-electron chi connectivity index (χ2n) is 14.8. The van der Waals surface area contributed by atoms with Crippen LogP contribution < -0.4 is 32.7 Å². The first-order valence-electron chi connectivity index (χ1n) is 19.9. The molecule has 0 spiro atoms. The number of aldehydes is 1. The number of nitrogens with two attached hydrogens (primary N) is 2. The summed E-state index contributed by atoms with van der Waals surface area (Å²) < 4.78 is 0. The van der Waals surface area contributed by atoms with Gasteiger partial charge in [0.25, 0.3) is 0 Å². The van der Waals surface area contributed by atoms with E-state index in [1.807, 2.05) is 54.6 Å². The quantitative estimate of drug-likeness (QED) is 0.0339. The maximum absolute atomic E-state index is 14.4. The molecular formula is C44H54N8O7. The summed E-state index contributed by atoms with van der Waals surface area (Å²) in [5, 5.41) is 22.3. The molecule has 0 unspecified atom stereocenters. The van der Waals surface area contributed by atoms with Gasteiger partial charge in [-0.15, -0.1) is 0 Å². The summed E-state index contributed by atoms with van der Waals surface area (Å²) in [5.74, 6) is -3.29. The number of fused-ring (bicyclic) bond motifs is 1. The number of benzene rings is 3. The Balaban J connectivity index is 1.32. The number of aliphatic hydroxyl groups excluding tert-OH is 1. The van der Waals surface area contributed by atoms with E-state index < -0.39 is 71.9 Å². The SMILES string of the molecule is C[C@@H](O)[C@H](NC(=O)[C@@H](N)CCCCN)C(=O)N[C@@H](Cc1ccccc1)C(=O)N1CC=C[C@H]1C(=O)N[C@@H](Cc1ccccc1)C(=O)N[C@@H](C=O)Cc1c[nH]c2ccccc12. The van der Waals surface area contributed by atoms with Gasteiger partial charge < -0.3 is 52.5 Å². The Kier molecular flexibility index (Phi) is 16.1. The minimum absolute atomic E-state index is 0.0257. The van der Waals surface area contributed by atoms with E-state index in [4.69, 9.17) is 11.5 Å². The van der Waals surface area contributed by atoms with Crippen molar-refractivity contribution in [2.24, 2.45) is 11.5 Å². The highest BCUT2D eigenvalue weighted by atomic mass is 16.3. The van der Waals surface area contributed by atoms with Gasteiger partial charge in [-0.1, -0.05) is 97.4 Å². The van der Waals surface area contributed by atoms with Gasteiger partial charge in [-0.2, -0.15) is 0 Å². The van der Waals surface area contributed by atoms with Crippen LogP contribution in [0.2, 0.25) is 0 Å². The maximum atomic E-state index is 14.4. The van der Waals surface area contributed by atoms with Crippen molar-refractivity contribution in [3.05, 3.63) is 120 Å². The van der Waals surface area contributed by atoms with Crippen molar-refractivity contribution in [2.45, 2.75) is 87.8 Å². The first kappa shape index (κ1) is 44.0. The summed E-state index contributed by atoms with van der Waals surface area (Å²) in [6.45, 7) is 1.81. The van der Waals surface area contributed by atoms with Crippen molar-refractivity contribution in [2.75, 3.05) is 13.1 Å². The number of hydrogen-bond acceptors (Lipinski definition) is 9. The monoisotopic (exact) mass is 806 g/mol. The van der Waals surface area contributed by atoms with E-state index in [1.54, 1.807) is 48.7 Å². The van der Waals surface area contributed by atoms with Crippen molar-refractivity contribution in [3.8, 4) is 0 Å². The van der Waals surface area contributed by atoms with Gasteiger partial charge in [-0.3, -0.25) is 24.0 Å². The Bertz CT molecular complexity index is 2070. The van der Waals surface area contributed by atoms with Crippen LogP contribution >= 0.6 is 0 Å². The third-order valence-electron chi connectivity index (χ3n) is 10.3. The average molecular weight is 807 g/mol. The standard InChI is InChI=1S/C44H54N8O7/c1-28(54)39(51-40(55)34(46)18-10-11-21-45)43(58)50-37(24-30-15-6-3-7-16-30)44(59)52-22-12-20-38(52)42(57)49-36(23-29-13-4-2-5-14-29)41(56)48-32(27-53)25-31-26-47-35-19-9-8-17-33(31)35/h2-9,12-17,19-20,26-28,32,34,36-39,47,54H,10-11,18,21-25,45-46H2,1H3,(H,48,56)(H,49,57)(H,50,58)(H,51,55)/t28-,32-,34+,36+,37+,38+,39+/m1/s1. The highest BCUT2D eigenvalue weighted by Gasteiger charge is 2.38. The average Bonchev–Trinajstić information content (AvgIpc) is 3.90. The zero-order valence-corrected chi connectivity index (χ0v) is 33.1. The molecule has 10 N–H and O–H groups in total. The fraction of sp³-hybridized carbons (Fsp3) is 0.364. The highest BCUT2D eigenvalue weighted by Crippen LogP contribution is 2.20. The van der Waals surface area contributed by atoms with E-state index in [9.17, 15) is 33.9 Å². The topological polar surface area (TPSA) is 242 Å². The van der Waals surface area contributed by atoms with Crippen LogP contribution in [0.15, 0.2) is 103 Å². The van der Waals surface area contributed by atoms with Crippen molar-refractivity contribution < 1.29 is 33.9 Å². The van der Waals surface area contributed by atoms with E-state index in [2.05, 4.69) is 26.3 Å². The summed E-state index contributed by atoms with van der Waals surface area (Å²) >= 11 is 0. The third-order valence-corrected chi connectivity index (χ3v) is 10.3. The lowest BCUT2D eigenvalue weighted by Gasteiger charge is -2.31. The fourth-order valence-corrected chi connectivity index (χ4v) is 7.06. The fourth-order valence-electron chi connectivity index (χ4n) is 7.06. The molecule has 3 aromatic carbocycles. The van der Waals surface area contributed by atoms with Gasteiger partial charge >= 0.3 is 0 Å². The number of carbonyl (C=O) groups is 6. The molecule has 0 aliphatic carbocycles. The van der Waals surface area contributed by atoms with Crippen LogP contribution in [0, 0.1) is 0 Å². The number of aliphatic hydroxyl groups is 1. The number of rotatable bonds is 21. The van der Waals surface area contributed by atoms with E-state index in [0.29, 0.717) is 37.7 Å². The molecule has 1 aliphatic heterocycles. The number of aromatic nitrogens is 1. The van der Waals surface area contributed by atoms with Gasteiger partial charge in [0, 0.05) is 42.9 Å². The lowest BCUT2D eigenvalue weighted by molar-refractivity contribution is -0.142. The Morgan fingerprint density at radius 1 is 0.814 bits per heavy atom. The number of nitrogens with one attached hydrogen (secondary N) is 5. The lowest BCUT2D eigenvalue weighted by atomic mass is 10.0. The van der Waals surface area contributed by atoms with Crippen molar-refractivity contribution in [1.29, 1.82) is 0 Å². The smallest absolute Gasteiger partial charge is 0.247 e. The zero-order chi connectivity index (χ0) is 42.3. The Morgan fingerprint density at radius 2 is 1.46 bits per heavy atom. The first-order valence-corrected chi connectivity index (χ1v) is 19.9. The van der Waals surface area contributed by atoms with Gasteiger partial charge in [0.15, 0.2) is 0 Å². The molecule has 15 nitrogen and oxygen atoms in total. The molecule has 0 saturated heterocycles. The largest absolute Gasteiger partial charge is 0.391 e. The molecule has 5 rings (SSSR count). The van der Waals surface area contributed by atoms with Crippen LogP contribution in [0.5, 0.6) is 0 Å². The molecule has 0 radical (unpaired) electrons. The Morgan fingerprint density at radius 3 is 2.10 bits per heavy atom. The number of carbonyl (C=O) groups excluding carboxylic acids is 6. The predicted molar refractivity (Wildman–Crippen MR) is 223 cm³/mol. The van der Waals surface area contributed by atoms with E-state index >= 15 is 0 Å². The van der Waals surface area contributed by atoms with Gasteiger partial charge in [0.2, 0.25) is 29.5 Å². The molecule has 2 heterocycles. The van der Waals surface area contributed by atoms with Gasteiger partial charge in [0.05, 0.1) is 18.2 Å². The first-order chi connectivity index (χ1) is 28.5. The molecule has 1 aromatic heterocycles. The molecule has 7 atom stereocenters. The number of aromatic amines is 1. The van der Waals surface area contributed by atoms with Crippen LogP contribution in [0.3, 0.4) is 0 Å². The lowest BCUT2D eigenvalue weighted by Crippen LogP contribution is -2.61. The minimum Gasteiger partial charge on any atom is -0.391 e. The number of H-pyrrole nitrogens is 1. The molecule has 1 aliphatic rings. The Labute approximate surface area is 343 Å². The minimum atomic E-state index is -1.44. The second kappa shape index (κ2) is 21.6. The number of nitrogens with zero attached hydrogens (tertiary/aromatic N) is 1. The zero-order valence-electron chi connectivity index (χ0n) is 33.1. The van der Waals surface area contributed by atoms with Crippen LogP contribution in [0.1, 0.15) is 42.9 Å². The van der Waals surface area contributed by atoms with E-state index in [-0.39, 0.29) is 25.8 Å². The normalized spacial score (nSPS) is 16.6. The number of para-hydroxylation sites is 1. The van der Waals surface area contributed by atoms with Gasteiger partial charge in [-0.05, 0) is 49.1 Å². The summed E-state index contributed by atoms with van der Waals surface area (Å²) in [7, 11) is 0. The van der Waals surface area contributed by atoms with Crippen molar-refractivity contribution >= 4 is 46.7 Å². The molecule has 15 heteroatoms. The van der Waals surface area contributed by atoms with E-state index in [1.165, 1.54) is 11.8 Å². The summed E-state index contributed by atoms with van der Waals surface area (Å²) in [6.07, 6.45) is 6.24. The molecule has 5 amide bonds. The number of amides is 5. The highest BCUT2D eigenvalue weighted by molar-refractivity contribution is 5.97. The predicted octanol–water partition coefficient (Wildman–Crippen LogP) is 0.938. The molecule has 4 aromatic rings. The second-order valence-corrected chi connectivity index (χ2v) is 14.8. The van der Waals surface area contributed by atoms with Crippen molar-refractivity contribution in [3.63, 3.8) is 0 Å². The molecule has 0 bridgehead atoms. The van der Waals surface area contributed by atoms with Crippen molar-refractivity contribution in [1.82, 2.24) is 31.2 Å². The molecular weight excluding hydrogens is 753 g/mol. The summed E-state index contributed by atoms with van der Waals surface area (Å²) in [6, 6.07) is 18.9. The van der Waals surface area contributed by atoms with Crippen LogP contribution in [0.25, 0.3) is 10.9 Å². The molecule has 59 heavy (non-hydrogen) atoms. The third kappa shape index (κ3) is 12.2. The Hall–Kier alpha value is -6.16. The van der Waals surface area contributed by atoms with Crippen LogP contribution in [0.4, 0.5) is 0 Å². The van der Waals surface area contributed by atoms with Crippen LogP contribution in [-0.2, 0) is 48.0 Å². The number of unbranched alkanes of at least 4 members (excludes halogenated alkanes) is 1. The van der Waals surface area contributed by atoms with Gasteiger partial charge in [0.1, 0.15) is 30.5 Å².